The number of amides is 1. The van der Waals surface area contributed by atoms with Crippen LogP contribution in [0.25, 0.3) is 0 Å². The van der Waals surface area contributed by atoms with Crippen LogP contribution in [-0.2, 0) is 6.54 Å². The molecule has 0 radical (unpaired) electrons. The summed E-state index contributed by atoms with van der Waals surface area (Å²) >= 11 is 0. The maximum Gasteiger partial charge on any atom is 0.267 e. The van der Waals surface area contributed by atoms with Crippen molar-refractivity contribution in [2.24, 2.45) is 10.9 Å². The van der Waals surface area contributed by atoms with Crippen molar-refractivity contribution in [3.63, 3.8) is 0 Å². The molecule has 38 heavy (non-hydrogen) atoms. The number of aromatic nitrogens is 2. The number of carbonyl (C=O) groups excluding carboxylic acids is 1. The number of likely N-dealkylation sites (tertiary alicyclic amines) is 1. The molecule has 9 heteroatoms. The SMILES string of the molecule is CC1CC(c2ccc(Cn3nc4c(c3Nc3ccc(F)cc3)C(=O)N(C)C3=NC(C)(C)CN34)cc2)N(C)C1. The van der Waals surface area contributed by atoms with Crippen LogP contribution in [0.4, 0.5) is 21.7 Å². The number of nitrogens with one attached hydrogen (secondary N) is 1. The predicted octanol–water partition coefficient (Wildman–Crippen LogP) is 4.87. The van der Waals surface area contributed by atoms with E-state index < -0.39 is 0 Å². The number of hydrogen-bond donors (Lipinski definition) is 1. The molecule has 2 aromatic carbocycles. The highest BCUT2D eigenvalue weighted by atomic mass is 19.1. The summed E-state index contributed by atoms with van der Waals surface area (Å²) in [7, 11) is 3.94. The van der Waals surface area contributed by atoms with Crippen LogP contribution >= 0.6 is 0 Å². The van der Waals surface area contributed by atoms with Gasteiger partial charge in [0.05, 0.1) is 18.6 Å². The van der Waals surface area contributed by atoms with Crippen molar-refractivity contribution in [2.45, 2.75) is 45.3 Å². The van der Waals surface area contributed by atoms with Crippen LogP contribution in [0.3, 0.4) is 0 Å². The van der Waals surface area contributed by atoms with Gasteiger partial charge < -0.3 is 5.32 Å². The van der Waals surface area contributed by atoms with E-state index in [2.05, 4.69) is 62.3 Å². The van der Waals surface area contributed by atoms with Gasteiger partial charge in [-0.25, -0.2) is 14.1 Å². The zero-order chi connectivity index (χ0) is 26.8. The molecule has 2 unspecified atom stereocenters. The van der Waals surface area contributed by atoms with Gasteiger partial charge in [0.25, 0.3) is 5.91 Å². The Balaban J connectivity index is 1.38. The first-order valence-corrected chi connectivity index (χ1v) is 13.2. The quantitative estimate of drug-likeness (QED) is 0.525. The lowest BCUT2D eigenvalue weighted by atomic mass is 10.00. The van der Waals surface area contributed by atoms with Gasteiger partial charge in [-0.2, -0.15) is 5.10 Å². The Kier molecular flexibility index (Phi) is 5.79. The minimum absolute atomic E-state index is 0.169. The van der Waals surface area contributed by atoms with Crippen LogP contribution in [0.5, 0.6) is 0 Å². The zero-order valence-electron chi connectivity index (χ0n) is 22.6. The van der Waals surface area contributed by atoms with Crippen molar-refractivity contribution < 1.29 is 9.18 Å². The Hall–Kier alpha value is -3.72. The highest BCUT2D eigenvalue weighted by molar-refractivity contribution is 6.20. The van der Waals surface area contributed by atoms with Gasteiger partial charge in [-0.05, 0) is 68.6 Å². The highest BCUT2D eigenvalue weighted by Crippen LogP contribution is 2.39. The summed E-state index contributed by atoms with van der Waals surface area (Å²) in [5.41, 5.74) is 3.25. The lowest BCUT2D eigenvalue weighted by molar-refractivity contribution is 0.0866. The van der Waals surface area contributed by atoms with Crippen LogP contribution in [0.15, 0.2) is 53.5 Å². The molecule has 3 aliphatic rings. The molecule has 8 nitrogen and oxygen atoms in total. The predicted molar refractivity (Wildman–Crippen MR) is 148 cm³/mol. The molecule has 1 N–H and O–H groups in total. The highest BCUT2D eigenvalue weighted by Gasteiger charge is 2.45. The van der Waals surface area contributed by atoms with Gasteiger partial charge in [-0.1, -0.05) is 31.2 Å². The van der Waals surface area contributed by atoms with Crippen molar-refractivity contribution in [1.29, 1.82) is 0 Å². The third-order valence-corrected chi connectivity index (χ3v) is 7.76. The Labute approximate surface area is 222 Å². The van der Waals surface area contributed by atoms with E-state index in [1.54, 1.807) is 24.1 Å². The molecule has 0 saturated carbocycles. The molecule has 1 fully saturated rings. The number of anilines is 3. The third-order valence-electron chi connectivity index (χ3n) is 7.76. The molecule has 0 aliphatic carbocycles. The van der Waals surface area contributed by atoms with E-state index in [1.165, 1.54) is 24.1 Å². The van der Waals surface area contributed by atoms with Crippen molar-refractivity contribution in [3.05, 3.63) is 71.0 Å². The minimum Gasteiger partial charge on any atom is -0.340 e. The average Bonchev–Trinajstić information content (AvgIpc) is 3.51. The van der Waals surface area contributed by atoms with E-state index in [-0.39, 0.29) is 17.3 Å². The number of fused-ring (bicyclic) bond motifs is 3. The molecule has 1 aromatic heterocycles. The second-order valence-corrected chi connectivity index (χ2v) is 11.5. The molecule has 0 bridgehead atoms. The first-order valence-electron chi connectivity index (χ1n) is 13.2. The summed E-state index contributed by atoms with van der Waals surface area (Å²) in [4.78, 5) is 24.4. The van der Waals surface area contributed by atoms with Gasteiger partial charge in [0.15, 0.2) is 5.82 Å². The van der Waals surface area contributed by atoms with Crippen molar-refractivity contribution >= 4 is 29.2 Å². The van der Waals surface area contributed by atoms with Gasteiger partial charge in [0, 0.05) is 25.3 Å². The first-order chi connectivity index (χ1) is 18.1. The van der Waals surface area contributed by atoms with Crippen molar-refractivity contribution in [1.82, 2.24) is 19.6 Å². The fourth-order valence-corrected chi connectivity index (χ4v) is 5.92. The molecule has 0 spiro atoms. The van der Waals surface area contributed by atoms with E-state index >= 15 is 0 Å². The Morgan fingerprint density at radius 3 is 2.45 bits per heavy atom. The number of rotatable bonds is 5. The van der Waals surface area contributed by atoms with Gasteiger partial charge in [0.2, 0.25) is 5.96 Å². The maximum absolute atomic E-state index is 13.6. The molecule has 1 saturated heterocycles. The summed E-state index contributed by atoms with van der Waals surface area (Å²) in [6.45, 7) is 8.63. The minimum atomic E-state index is -0.333. The number of nitrogens with zero attached hydrogens (tertiary/aromatic N) is 6. The fraction of sp³-hybridized carbons (Fsp3) is 0.414. The monoisotopic (exact) mass is 515 g/mol. The normalized spacial score (nSPS) is 22.5. The van der Waals surface area contributed by atoms with Crippen LogP contribution in [0.1, 0.15) is 54.7 Å². The topological polar surface area (TPSA) is 69.0 Å². The zero-order valence-corrected chi connectivity index (χ0v) is 22.6. The summed E-state index contributed by atoms with van der Waals surface area (Å²) in [6.07, 6.45) is 1.17. The lowest BCUT2D eigenvalue weighted by Gasteiger charge is -2.30. The molecule has 3 aliphatic heterocycles. The van der Waals surface area contributed by atoms with E-state index in [9.17, 15) is 9.18 Å². The van der Waals surface area contributed by atoms with Gasteiger partial charge >= 0.3 is 0 Å². The van der Waals surface area contributed by atoms with Crippen LogP contribution in [0, 0.1) is 11.7 Å². The number of benzene rings is 2. The molecule has 6 rings (SSSR count). The standard InChI is InChI=1S/C29H34FN7O/c1-18-14-23(34(4)15-18)20-8-6-19(7-9-20)16-37-25(31-22-12-10-21(30)11-13-22)24-26(33-37)36-17-29(2,3)32-28(36)35(5)27(24)38/h6-13,18,23,31H,14-17H2,1-5H3. The number of aliphatic imine (C=N–C) groups is 1. The number of guanidine groups is 1. The molecule has 4 heterocycles. The van der Waals surface area contributed by atoms with E-state index in [1.807, 2.05) is 9.58 Å². The Bertz CT molecular complexity index is 1410. The molecule has 1 amide bonds. The third kappa shape index (κ3) is 4.24. The van der Waals surface area contributed by atoms with Crippen molar-refractivity contribution in [3.8, 4) is 0 Å². The maximum atomic E-state index is 13.6. The van der Waals surface area contributed by atoms with E-state index in [4.69, 9.17) is 10.1 Å². The number of hydrogen-bond acceptors (Lipinski definition) is 6. The summed E-state index contributed by atoms with van der Waals surface area (Å²) in [5.74, 6) is 2.01. The Morgan fingerprint density at radius 1 is 1.08 bits per heavy atom. The molecule has 198 valence electrons. The fourth-order valence-electron chi connectivity index (χ4n) is 5.92. The van der Waals surface area contributed by atoms with Gasteiger partial charge in [-0.3, -0.25) is 19.5 Å². The number of halogens is 1. The Morgan fingerprint density at radius 2 is 1.79 bits per heavy atom. The lowest BCUT2D eigenvalue weighted by Crippen LogP contribution is -2.48. The number of carbonyl (C=O) groups is 1. The van der Waals surface area contributed by atoms with Crippen LogP contribution in [0.2, 0.25) is 0 Å². The largest absolute Gasteiger partial charge is 0.340 e. The van der Waals surface area contributed by atoms with Crippen molar-refractivity contribution in [2.75, 3.05) is 37.4 Å². The van der Waals surface area contributed by atoms with Gasteiger partial charge in [-0.15, -0.1) is 0 Å². The second-order valence-electron chi connectivity index (χ2n) is 11.5. The summed E-state index contributed by atoms with van der Waals surface area (Å²) in [5, 5.41) is 8.30. The summed E-state index contributed by atoms with van der Waals surface area (Å²) in [6, 6.07) is 15.3. The molecule has 2 atom stereocenters. The molecular formula is C29H34FN7O. The molecular weight excluding hydrogens is 481 g/mol. The first kappa shape index (κ1) is 24.6. The van der Waals surface area contributed by atoms with Crippen LogP contribution in [-0.4, -0.2) is 64.2 Å². The average molecular weight is 516 g/mol. The van der Waals surface area contributed by atoms with Crippen LogP contribution < -0.4 is 10.2 Å². The van der Waals surface area contributed by atoms with Gasteiger partial charge in [0.1, 0.15) is 17.2 Å². The van der Waals surface area contributed by atoms with E-state index in [0.717, 1.165) is 12.1 Å². The summed E-state index contributed by atoms with van der Waals surface area (Å²) < 4.78 is 15.4. The smallest absolute Gasteiger partial charge is 0.267 e. The molecule has 3 aromatic rings. The second kappa shape index (κ2) is 8.94. The van der Waals surface area contributed by atoms with E-state index in [0.29, 0.717) is 53.9 Å².